The first-order valence-electron chi connectivity index (χ1n) is 8.40. The number of benzene rings is 2. The maximum Gasteiger partial charge on any atom is 0.336 e. The SMILES string of the molecule is Cn1c(O)c(N=NC(=O)COc2ccc3ccc(=O)oc3c2)c2ccccc21. The molecule has 2 aromatic heterocycles. The third-order valence-electron chi connectivity index (χ3n) is 4.27. The molecule has 2 heterocycles. The average molecular weight is 377 g/mol. The number of amides is 1. The third kappa shape index (κ3) is 3.23. The molecule has 1 N–H and O–H groups in total. The molecule has 0 aliphatic heterocycles. The van der Waals surface area contributed by atoms with E-state index in [1.165, 1.54) is 12.1 Å². The molecule has 0 spiro atoms. The number of hydrogen-bond donors (Lipinski definition) is 1. The highest BCUT2D eigenvalue weighted by Gasteiger charge is 2.14. The monoisotopic (exact) mass is 377 g/mol. The van der Waals surface area contributed by atoms with E-state index in [-0.39, 0.29) is 18.2 Å². The van der Waals surface area contributed by atoms with Crippen molar-refractivity contribution >= 4 is 33.5 Å². The smallest absolute Gasteiger partial charge is 0.336 e. The summed E-state index contributed by atoms with van der Waals surface area (Å²) in [5.74, 6) is -0.344. The number of aryl methyl sites for hydroxylation is 1. The van der Waals surface area contributed by atoms with Gasteiger partial charge in [0.1, 0.15) is 11.3 Å². The fraction of sp³-hybridized carbons (Fsp3) is 0.100. The first-order chi connectivity index (χ1) is 13.5. The summed E-state index contributed by atoms with van der Waals surface area (Å²) in [4.78, 5) is 23.3. The number of ether oxygens (including phenoxy) is 1. The Morgan fingerprint density at radius 1 is 1.18 bits per heavy atom. The number of aromatic nitrogens is 1. The second-order valence-electron chi connectivity index (χ2n) is 6.08. The Bertz CT molecular complexity index is 1290. The number of hydrogen-bond acceptors (Lipinski definition) is 6. The van der Waals surface area contributed by atoms with Gasteiger partial charge in [-0.2, -0.15) is 0 Å². The van der Waals surface area contributed by atoms with Gasteiger partial charge in [-0.25, -0.2) is 4.79 Å². The predicted octanol–water partition coefficient (Wildman–Crippen LogP) is 3.68. The minimum Gasteiger partial charge on any atom is -0.493 e. The topological polar surface area (TPSA) is 106 Å². The standard InChI is InChI=1S/C20H15N3O5/c1-23-15-5-3-2-4-14(15)19(20(23)26)22-21-17(24)11-27-13-8-6-12-7-9-18(25)28-16(12)10-13/h2-10,26H,11H2,1H3. The van der Waals surface area contributed by atoms with E-state index in [0.717, 1.165) is 10.9 Å². The number of azo groups is 1. The number of carbonyl (C=O) groups excluding carboxylic acids is 1. The Labute approximate surface area is 158 Å². The van der Waals surface area contributed by atoms with E-state index >= 15 is 0 Å². The molecule has 1 amide bonds. The molecular weight excluding hydrogens is 362 g/mol. The summed E-state index contributed by atoms with van der Waals surface area (Å²) < 4.78 is 12.0. The summed E-state index contributed by atoms with van der Waals surface area (Å²) in [5.41, 5.74) is 0.887. The van der Waals surface area contributed by atoms with Crippen molar-refractivity contribution in [3.63, 3.8) is 0 Å². The van der Waals surface area contributed by atoms with E-state index in [4.69, 9.17) is 9.15 Å². The summed E-state index contributed by atoms with van der Waals surface area (Å²) in [7, 11) is 1.69. The first kappa shape index (κ1) is 17.5. The van der Waals surface area contributed by atoms with Crippen molar-refractivity contribution in [1.82, 2.24) is 4.57 Å². The highest BCUT2D eigenvalue weighted by molar-refractivity contribution is 5.95. The Kier molecular flexibility index (Phi) is 4.36. The van der Waals surface area contributed by atoms with Gasteiger partial charge in [-0.3, -0.25) is 4.79 Å². The lowest BCUT2D eigenvalue weighted by Crippen LogP contribution is -2.07. The molecule has 4 rings (SSSR count). The summed E-state index contributed by atoms with van der Waals surface area (Å²) in [6, 6.07) is 15.1. The molecule has 0 saturated carbocycles. The maximum absolute atomic E-state index is 12.0. The van der Waals surface area contributed by atoms with Crippen LogP contribution in [0.25, 0.3) is 21.9 Å². The predicted molar refractivity (Wildman–Crippen MR) is 102 cm³/mol. The lowest BCUT2D eigenvalue weighted by molar-refractivity contribution is -0.120. The van der Waals surface area contributed by atoms with Crippen molar-refractivity contribution in [2.75, 3.05) is 6.61 Å². The van der Waals surface area contributed by atoms with Crippen LogP contribution in [0.4, 0.5) is 5.69 Å². The van der Waals surface area contributed by atoms with E-state index in [2.05, 4.69) is 10.2 Å². The van der Waals surface area contributed by atoms with Crippen molar-refractivity contribution in [1.29, 1.82) is 0 Å². The fourth-order valence-electron chi connectivity index (χ4n) is 2.87. The van der Waals surface area contributed by atoms with Crippen LogP contribution >= 0.6 is 0 Å². The second-order valence-corrected chi connectivity index (χ2v) is 6.08. The molecule has 0 bridgehead atoms. The van der Waals surface area contributed by atoms with E-state index in [1.54, 1.807) is 35.9 Å². The van der Waals surface area contributed by atoms with Crippen molar-refractivity contribution in [2.24, 2.45) is 17.3 Å². The summed E-state index contributed by atoms with van der Waals surface area (Å²) in [5, 5.41) is 19.1. The molecule has 2 aromatic carbocycles. The first-order valence-corrected chi connectivity index (χ1v) is 8.40. The lowest BCUT2D eigenvalue weighted by atomic mass is 10.2. The Morgan fingerprint density at radius 2 is 1.96 bits per heavy atom. The quantitative estimate of drug-likeness (QED) is 0.431. The van der Waals surface area contributed by atoms with Gasteiger partial charge < -0.3 is 18.8 Å². The number of aromatic hydroxyl groups is 1. The Hall–Kier alpha value is -3.94. The summed E-state index contributed by atoms with van der Waals surface area (Å²) in [6.07, 6.45) is 0. The van der Waals surface area contributed by atoms with Crippen LogP contribution in [0.2, 0.25) is 0 Å². The molecule has 140 valence electrons. The molecule has 8 nitrogen and oxygen atoms in total. The zero-order chi connectivity index (χ0) is 19.7. The number of carbonyl (C=O) groups is 1. The lowest BCUT2D eigenvalue weighted by Gasteiger charge is -2.04. The molecule has 0 radical (unpaired) electrons. The summed E-state index contributed by atoms with van der Waals surface area (Å²) in [6.45, 7) is -0.350. The zero-order valence-corrected chi connectivity index (χ0v) is 14.8. The largest absolute Gasteiger partial charge is 0.493 e. The third-order valence-corrected chi connectivity index (χ3v) is 4.27. The van der Waals surface area contributed by atoms with Crippen LogP contribution in [0.5, 0.6) is 11.6 Å². The van der Waals surface area contributed by atoms with E-state index < -0.39 is 11.5 Å². The normalized spacial score (nSPS) is 11.5. The molecule has 0 unspecified atom stereocenters. The van der Waals surface area contributed by atoms with Crippen molar-refractivity contribution in [3.8, 4) is 11.6 Å². The van der Waals surface area contributed by atoms with Crippen LogP contribution < -0.4 is 10.4 Å². The highest BCUT2D eigenvalue weighted by Crippen LogP contribution is 2.37. The highest BCUT2D eigenvalue weighted by atomic mass is 16.5. The molecule has 0 fully saturated rings. The average Bonchev–Trinajstić information content (AvgIpc) is 2.95. The fourth-order valence-corrected chi connectivity index (χ4v) is 2.87. The number of rotatable bonds is 4. The van der Waals surface area contributed by atoms with E-state index in [9.17, 15) is 14.7 Å². The van der Waals surface area contributed by atoms with Crippen LogP contribution in [0.1, 0.15) is 0 Å². The van der Waals surface area contributed by atoms with Crippen LogP contribution in [0.15, 0.2) is 74.0 Å². The maximum atomic E-state index is 12.0. The number of nitrogens with zero attached hydrogens (tertiary/aromatic N) is 3. The van der Waals surface area contributed by atoms with E-state index in [0.29, 0.717) is 16.7 Å². The summed E-state index contributed by atoms with van der Waals surface area (Å²) >= 11 is 0. The molecule has 0 aliphatic carbocycles. The van der Waals surface area contributed by atoms with Crippen molar-refractivity contribution in [3.05, 3.63) is 65.0 Å². The number of para-hydroxylation sites is 1. The van der Waals surface area contributed by atoms with Gasteiger partial charge in [-0.15, -0.1) is 10.2 Å². The molecule has 28 heavy (non-hydrogen) atoms. The van der Waals surface area contributed by atoms with Crippen LogP contribution in [0, 0.1) is 0 Å². The minimum absolute atomic E-state index is 0.0803. The van der Waals surface area contributed by atoms with Gasteiger partial charge in [-0.05, 0) is 24.3 Å². The minimum atomic E-state index is -0.623. The second kappa shape index (κ2) is 6.99. The number of fused-ring (bicyclic) bond motifs is 2. The Morgan fingerprint density at radius 3 is 2.82 bits per heavy atom. The molecule has 0 atom stereocenters. The Balaban J connectivity index is 1.49. The van der Waals surface area contributed by atoms with Crippen LogP contribution in [-0.2, 0) is 11.8 Å². The zero-order valence-electron chi connectivity index (χ0n) is 14.8. The van der Waals surface area contributed by atoms with E-state index in [1.807, 2.05) is 18.2 Å². The molecule has 8 heteroatoms. The van der Waals surface area contributed by atoms with Crippen molar-refractivity contribution < 1.29 is 19.1 Å². The molecular formula is C20H15N3O5. The van der Waals surface area contributed by atoms with Gasteiger partial charge in [0, 0.05) is 30.0 Å². The van der Waals surface area contributed by atoms with Gasteiger partial charge in [0.2, 0.25) is 5.88 Å². The van der Waals surface area contributed by atoms with Crippen molar-refractivity contribution in [2.45, 2.75) is 0 Å². The van der Waals surface area contributed by atoms with Gasteiger partial charge in [0.05, 0.1) is 5.52 Å². The van der Waals surface area contributed by atoms with Gasteiger partial charge in [0.15, 0.2) is 12.3 Å². The molecule has 4 aromatic rings. The van der Waals surface area contributed by atoms with Gasteiger partial charge in [-0.1, -0.05) is 18.2 Å². The van der Waals surface area contributed by atoms with Crippen LogP contribution in [-0.4, -0.2) is 22.2 Å². The van der Waals surface area contributed by atoms with Gasteiger partial charge >= 0.3 is 11.5 Å². The van der Waals surface area contributed by atoms with Gasteiger partial charge in [0.25, 0.3) is 0 Å². The molecule has 0 aliphatic rings. The van der Waals surface area contributed by atoms with Crippen LogP contribution in [0.3, 0.4) is 0 Å². The molecule has 0 saturated heterocycles.